The fourth-order valence-electron chi connectivity index (χ4n) is 2.42. The summed E-state index contributed by atoms with van der Waals surface area (Å²) in [7, 11) is 1.72. The van der Waals surface area contributed by atoms with E-state index in [-0.39, 0.29) is 5.82 Å². The number of ether oxygens (including phenoxy) is 1. The highest BCUT2D eigenvalue weighted by atomic mass is 19.1. The van der Waals surface area contributed by atoms with E-state index in [2.05, 4.69) is 15.9 Å². The summed E-state index contributed by atoms with van der Waals surface area (Å²) in [4.78, 5) is 4.67. The lowest BCUT2D eigenvalue weighted by molar-refractivity contribution is 0.0938. The highest BCUT2D eigenvalue weighted by Gasteiger charge is 2.17. The van der Waals surface area contributed by atoms with Gasteiger partial charge in [-0.2, -0.15) is 5.26 Å². The molecule has 1 fully saturated rings. The maximum Gasteiger partial charge on any atom is 0.124 e. The summed E-state index contributed by atoms with van der Waals surface area (Å²) in [6.45, 7) is 6.37. The lowest BCUT2D eigenvalue weighted by atomic mass is 10.1. The van der Waals surface area contributed by atoms with Gasteiger partial charge in [0.05, 0.1) is 18.2 Å². The third-order valence-corrected chi connectivity index (χ3v) is 3.66. The zero-order chi connectivity index (χ0) is 14.4. The molecule has 1 heterocycles. The minimum Gasteiger partial charge on any atom is -0.383 e. The van der Waals surface area contributed by atoms with Crippen molar-refractivity contribution in [2.24, 2.45) is 0 Å². The Morgan fingerprint density at radius 3 is 2.60 bits per heavy atom. The molecular weight excluding hydrogens is 257 g/mol. The van der Waals surface area contributed by atoms with Crippen LogP contribution in [0.1, 0.15) is 11.1 Å². The third kappa shape index (κ3) is 4.01. The van der Waals surface area contributed by atoms with Crippen molar-refractivity contribution in [3.05, 3.63) is 35.1 Å². The number of nitrogens with zero attached hydrogens (tertiary/aromatic N) is 3. The molecule has 1 aliphatic rings. The van der Waals surface area contributed by atoms with Crippen LogP contribution in [0.15, 0.2) is 18.2 Å². The Morgan fingerprint density at radius 2 is 1.95 bits per heavy atom. The molecule has 0 saturated carbocycles. The van der Waals surface area contributed by atoms with E-state index in [0.717, 1.165) is 44.9 Å². The first-order valence-corrected chi connectivity index (χ1v) is 6.85. The van der Waals surface area contributed by atoms with Gasteiger partial charge in [0.2, 0.25) is 0 Å². The van der Waals surface area contributed by atoms with Crippen molar-refractivity contribution < 1.29 is 9.13 Å². The SMILES string of the molecule is COCCN1CCN(Cc2ccc(F)cc2C#N)CC1. The Kier molecular flexibility index (Phi) is 5.48. The monoisotopic (exact) mass is 277 g/mol. The molecule has 0 aliphatic carbocycles. The minimum absolute atomic E-state index is 0.352. The standard InChI is InChI=1S/C15H20FN3O/c1-20-9-8-18-4-6-19(7-5-18)12-13-2-3-15(16)10-14(13)11-17/h2-3,10H,4-9,12H2,1H3. The molecule has 108 valence electrons. The summed E-state index contributed by atoms with van der Waals surface area (Å²) in [5, 5.41) is 9.05. The van der Waals surface area contributed by atoms with E-state index in [0.29, 0.717) is 12.1 Å². The maximum absolute atomic E-state index is 13.1. The van der Waals surface area contributed by atoms with E-state index in [9.17, 15) is 4.39 Å². The van der Waals surface area contributed by atoms with Crippen LogP contribution in [0.4, 0.5) is 4.39 Å². The molecule has 2 rings (SSSR count). The van der Waals surface area contributed by atoms with Gasteiger partial charge >= 0.3 is 0 Å². The van der Waals surface area contributed by atoms with Crippen LogP contribution in [0.25, 0.3) is 0 Å². The van der Waals surface area contributed by atoms with Gasteiger partial charge in [-0.25, -0.2) is 4.39 Å². The molecule has 1 saturated heterocycles. The van der Waals surface area contributed by atoms with Crippen molar-refractivity contribution in [3.63, 3.8) is 0 Å². The molecule has 1 aliphatic heterocycles. The predicted octanol–water partition coefficient (Wildman–Crippen LogP) is 1.46. The Morgan fingerprint density at radius 1 is 1.25 bits per heavy atom. The molecule has 0 unspecified atom stereocenters. The summed E-state index contributed by atoms with van der Waals surface area (Å²) in [6, 6.07) is 6.51. The molecule has 1 aromatic carbocycles. The van der Waals surface area contributed by atoms with Crippen LogP contribution >= 0.6 is 0 Å². The molecule has 0 radical (unpaired) electrons. The van der Waals surface area contributed by atoms with Gasteiger partial charge < -0.3 is 4.74 Å². The van der Waals surface area contributed by atoms with Gasteiger partial charge in [-0.3, -0.25) is 9.80 Å². The van der Waals surface area contributed by atoms with Crippen molar-refractivity contribution in [1.82, 2.24) is 9.80 Å². The number of hydrogen-bond acceptors (Lipinski definition) is 4. The molecule has 0 N–H and O–H groups in total. The molecule has 0 aromatic heterocycles. The van der Waals surface area contributed by atoms with E-state index < -0.39 is 0 Å². The van der Waals surface area contributed by atoms with E-state index >= 15 is 0 Å². The van der Waals surface area contributed by atoms with Gasteiger partial charge in [0.15, 0.2) is 0 Å². The van der Waals surface area contributed by atoms with Gasteiger partial charge in [-0.15, -0.1) is 0 Å². The summed E-state index contributed by atoms with van der Waals surface area (Å²) in [5.41, 5.74) is 1.34. The average molecular weight is 277 g/mol. The second kappa shape index (κ2) is 7.34. The van der Waals surface area contributed by atoms with Gasteiger partial charge in [0.1, 0.15) is 5.82 Å². The average Bonchev–Trinajstić information content (AvgIpc) is 2.48. The molecule has 5 heteroatoms. The Balaban J connectivity index is 1.88. The highest BCUT2D eigenvalue weighted by molar-refractivity contribution is 5.37. The van der Waals surface area contributed by atoms with Crippen LogP contribution in [0, 0.1) is 17.1 Å². The lowest BCUT2D eigenvalue weighted by Crippen LogP contribution is -2.46. The topological polar surface area (TPSA) is 39.5 Å². The Labute approximate surface area is 119 Å². The lowest BCUT2D eigenvalue weighted by Gasteiger charge is -2.34. The number of hydrogen-bond donors (Lipinski definition) is 0. The fraction of sp³-hybridized carbons (Fsp3) is 0.533. The zero-order valence-corrected chi connectivity index (χ0v) is 11.8. The molecule has 0 amide bonds. The smallest absolute Gasteiger partial charge is 0.124 e. The van der Waals surface area contributed by atoms with E-state index in [1.165, 1.54) is 12.1 Å². The van der Waals surface area contributed by atoms with E-state index in [4.69, 9.17) is 10.00 Å². The van der Waals surface area contributed by atoms with Gasteiger partial charge in [-0.1, -0.05) is 6.07 Å². The van der Waals surface area contributed by atoms with Crippen LogP contribution in [-0.2, 0) is 11.3 Å². The Hall–Kier alpha value is -1.48. The summed E-state index contributed by atoms with van der Waals surface area (Å²) in [5.74, 6) is -0.352. The second-order valence-electron chi connectivity index (χ2n) is 5.02. The largest absolute Gasteiger partial charge is 0.383 e. The molecule has 4 nitrogen and oxygen atoms in total. The molecule has 0 bridgehead atoms. The van der Waals surface area contributed by atoms with E-state index in [1.807, 2.05) is 0 Å². The normalized spacial score (nSPS) is 17.1. The zero-order valence-electron chi connectivity index (χ0n) is 11.8. The second-order valence-corrected chi connectivity index (χ2v) is 5.02. The number of benzene rings is 1. The first-order valence-electron chi connectivity index (χ1n) is 6.85. The molecule has 0 spiro atoms. The van der Waals surface area contributed by atoms with Crippen LogP contribution < -0.4 is 0 Å². The number of halogens is 1. The Bertz CT molecular complexity index is 478. The number of rotatable bonds is 5. The van der Waals surface area contributed by atoms with Crippen LogP contribution in [0.3, 0.4) is 0 Å². The van der Waals surface area contributed by atoms with Crippen molar-refractivity contribution >= 4 is 0 Å². The molecule has 20 heavy (non-hydrogen) atoms. The highest BCUT2D eigenvalue weighted by Crippen LogP contribution is 2.14. The minimum atomic E-state index is -0.352. The van der Waals surface area contributed by atoms with Gasteiger partial charge in [0.25, 0.3) is 0 Å². The summed E-state index contributed by atoms with van der Waals surface area (Å²) >= 11 is 0. The van der Waals surface area contributed by atoms with Crippen LogP contribution in [0.2, 0.25) is 0 Å². The molecule has 0 atom stereocenters. The van der Waals surface area contributed by atoms with Crippen molar-refractivity contribution in [3.8, 4) is 6.07 Å². The molecule has 1 aromatic rings. The van der Waals surface area contributed by atoms with E-state index in [1.54, 1.807) is 13.2 Å². The first kappa shape index (κ1) is 14.9. The predicted molar refractivity (Wildman–Crippen MR) is 74.7 cm³/mol. The van der Waals surface area contributed by atoms with Crippen LogP contribution in [0.5, 0.6) is 0 Å². The summed E-state index contributed by atoms with van der Waals surface area (Å²) in [6.07, 6.45) is 0. The number of nitriles is 1. The summed E-state index contributed by atoms with van der Waals surface area (Å²) < 4.78 is 18.2. The third-order valence-electron chi connectivity index (χ3n) is 3.66. The van der Waals surface area contributed by atoms with Crippen molar-refractivity contribution in [2.75, 3.05) is 46.4 Å². The van der Waals surface area contributed by atoms with Gasteiger partial charge in [-0.05, 0) is 17.7 Å². The van der Waals surface area contributed by atoms with Gasteiger partial charge in [0, 0.05) is 46.4 Å². The molecular formula is C15H20FN3O. The quantitative estimate of drug-likeness (QED) is 0.817. The number of methoxy groups -OCH3 is 1. The van der Waals surface area contributed by atoms with Crippen molar-refractivity contribution in [2.45, 2.75) is 6.54 Å². The van der Waals surface area contributed by atoms with Crippen LogP contribution in [-0.4, -0.2) is 56.2 Å². The fourth-order valence-corrected chi connectivity index (χ4v) is 2.42. The number of piperazine rings is 1. The first-order chi connectivity index (χ1) is 9.72. The van der Waals surface area contributed by atoms with Crippen molar-refractivity contribution in [1.29, 1.82) is 5.26 Å². The maximum atomic E-state index is 13.1.